The van der Waals surface area contributed by atoms with Gasteiger partial charge in [-0.25, -0.2) is 21.9 Å². The summed E-state index contributed by atoms with van der Waals surface area (Å²) in [4.78, 5) is -0.607. The highest BCUT2D eigenvalue weighted by atomic mass is 32.2. The second kappa shape index (κ2) is 5.64. The van der Waals surface area contributed by atoms with Crippen LogP contribution >= 0.6 is 11.8 Å². The summed E-state index contributed by atoms with van der Waals surface area (Å²) in [5.74, 6) is -0.481. The van der Waals surface area contributed by atoms with Gasteiger partial charge in [-0.05, 0) is 36.5 Å². The third kappa shape index (κ3) is 3.18. The van der Waals surface area contributed by atoms with Gasteiger partial charge in [0.25, 0.3) is 0 Å². The first-order valence-electron chi connectivity index (χ1n) is 5.75. The minimum Gasteiger partial charge on any atom is -0.394 e. The Morgan fingerprint density at radius 1 is 1.26 bits per heavy atom. The van der Waals surface area contributed by atoms with Crippen molar-refractivity contribution in [2.24, 2.45) is 0 Å². The molecule has 0 unspecified atom stereocenters. The molecule has 1 heterocycles. The van der Waals surface area contributed by atoms with Crippen LogP contribution in [0.5, 0.6) is 0 Å². The van der Waals surface area contributed by atoms with Crippen LogP contribution < -0.4 is 10.5 Å². The first-order valence-corrected chi connectivity index (χ1v) is 8.39. The fourth-order valence-corrected chi connectivity index (χ4v) is 4.36. The molecule has 1 aromatic rings. The van der Waals surface area contributed by atoms with Gasteiger partial charge in [-0.15, -0.1) is 0 Å². The Bertz CT molecular complexity index is 572. The molecule has 0 radical (unpaired) electrons. The van der Waals surface area contributed by atoms with Crippen LogP contribution in [0.4, 0.5) is 14.5 Å². The monoisotopic (exact) mass is 308 g/mol. The maximum absolute atomic E-state index is 13.7. The van der Waals surface area contributed by atoms with E-state index in [2.05, 4.69) is 4.72 Å². The maximum atomic E-state index is 13.7. The van der Waals surface area contributed by atoms with Gasteiger partial charge in [0.2, 0.25) is 10.0 Å². The molecule has 2 rings (SSSR count). The molecule has 0 aromatic heterocycles. The van der Waals surface area contributed by atoms with Gasteiger partial charge in [-0.1, -0.05) is 0 Å². The molecule has 0 atom stereocenters. The molecule has 0 aliphatic carbocycles. The molecule has 8 heteroatoms. The molecule has 0 bridgehead atoms. The van der Waals surface area contributed by atoms with E-state index in [0.717, 1.165) is 23.6 Å². The number of sulfonamides is 1. The predicted molar refractivity (Wildman–Crippen MR) is 71.4 cm³/mol. The molecule has 1 fully saturated rings. The van der Waals surface area contributed by atoms with Crippen molar-refractivity contribution in [3.8, 4) is 0 Å². The number of hydrogen-bond acceptors (Lipinski definition) is 4. The number of nitrogens with two attached hydrogens (primary N) is 1. The fraction of sp³-hybridized carbons (Fsp3) is 0.455. The van der Waals surface area contributed by atoms with Gasteiger partial charge in [0, 0.05) is 6.04 Å². The van der Waals surface area contributed by atoms with Gasteiger partial charge in [0.1, 0.15) is 16.4 Å². The molecule has 1 saturated heterocycles. The highest BCUT2D eigenvalue weighted by Gasteiger charge is 2.26. The second-order valence-corrected chi connectivity index (χ2v) is 7.19. The molecular formula is C11H14F2N2O2S2. The number of rotatable bonds is 3. The normalized spacial score (nSPS) is 17.6. The van der Waals surface area contributed by atoms with Crippen LogP contribution in [-0.4, -0.2) is 26.0 Å². The molecule has 19 heavy (non-hydrogen) atoms. The number of nitrogen functional groups attached to an aromatic ring is 1. The molecule has 0 amide bonds. The summed E-state index contributed by atoms with van der Waals surface area (Å²) in [5.41, 5.74) is 4.39. The Kier molecular flexibility index (Phi) is 4.32. The van der Waals surface area contributed by atoms with Crippen molar-refractivity contribution in [1.29, 1.82) is 0 Å². The first-order chi connectivity index (χ1) is 8.92. The van der Waals surface area contributed by atoms with E-state index in [1.54, 1.807) is 11.8 Å². The Balaban J connectivity index is 2.26. The van der Waals surface area contributed by atoms with Crippen molar-refractivity contribution in [3.05, 3.63) is 23.8 Å². The molecule has 3 N–H and O–H groups in total. The molecule has 1 aliphatic rings. The number of hydrogen-bond donors (Lipinski definition) is 2. The van der Waals surface area contributed by atoms with Crippen molar-refractivity contribution < 1.29 is 17.2 Å². The molecule has 1 aliphatic heterocycles. The number of halogens is 2. The zero-order valence-electron chi connectivity index (χ0n) is 10.0. The molecular weight excluding hydrogens is 294 g/mol. The van der Waals surface area contributed by atoms with Crippen LogP contribution in [0.15, 0.2) is 17.0 Å². The lowest BCUT2D eigenvalue weighted by atomic mass is 10.2. The Labute approximate surface area is 114 Å². The zero-order chi connectivity index (χ0) is 14.0. The average Bonchev–Trinajstić information content (AvgIpc) is 2.36. The van der Waals surface area contributed by atoms with Gasteiger partial charge in [0.05, 0.1) is 0 Å². The van der Waals surface area contributed by atoms with Gasteiger partial charge in [0.15, 0.2) is 5.82 Å². The van der Waals surface area contributed by atoms with Gasteiger partial charge in [-0.3, -0.25) is 0 Å². The number of thioether (sulfide) groups is 1. The minimum atomic E-state index is -4.01. The van der Waals surface area contributed by atoms with Crippen molar-refractivity contribution in [2.45, 2.75) is 23.8 Å². The van der Waals surface area contributed by atoms with Crippen molar-refractivity contribution in [1.82, 2.24) is 4.72 Å². The topological polar surface area (TPSA) is 72.2 Å². The first kappa shape index (κ1) is 14.5. The molecule has 106 valence electrons. The number of nitrogens with one attached hydrogen (secondary N) is 1. The molecule has 1 aromatic carbocycles. The maximum Gasteiger partial charge on any atom is 0.243 e. The summed E-state index contributed by atoms with van der Waals surface area (Å²) in [6, 6.07) is 1.53. The van der Waals surface area contributed by atoms with E-state index < -0.39 is 32.2 Å². The van der Waals surface area contributed by atoms with Crippen LogP contribution in [0.3, 0.4) is 0 Å². The summed E-state index contributed by atoms with van der Waals surface area (Å²) < 4.78 is 53.3. The lowest BCUT2D eigenvalue weighted by Crippen LogP contribution is -2.37. The van der Waals surface area contributed by atoms with E-state index in [1.165, 1.54) is 0 Å². The quantitative estimate of drug-likeness (QED) is 0.834. The third-order valence-corrected chi connectivity index (χ3v) is 5.51. The van der Waals surface area contributed by atoms with Crippen molar-refractivity contribution in [2.75, 3.05) is 17.2 Å². The fourth-order valence-electron chi connectivity index (χ4n) is 1.86. The second-order valence-electron chi connectivity index (χ2n) is 4.28. The van der Waals surface area contributed by atoms with Gasteiger partial charge in [-0.2, -0.15) is 11.8 Å². The summed E-state index contributed by atoms with van der Waals surface area (Å²) in [5, 5.41) is 0. The SMILES string of the molecule is Nc1c(F)ccc(S(=O)(=O)NC2CCSCC2)c1F. The van der Waals surface area contributed by atoms with Crippen molar-refractivity contribution >= 4 is 27.5 Å². The summed E-state index contributed by atoms with van der Waals surface area (Å²) >= 11 is 1.75. The summed E-state index contributed by atoms with van der Waals surface area (Å²) in [6.07, 6.45) is 1.39. The standard InChI is InChI=1S/C11H14F2N2O2S2/c12-8-1-2-9(10(13)11(8)14)19(16,17)15-7-3-5-18-6-4-7/h1-2,7,15H,3-6,14H2. The average molecular weight is 308 g/mol. The number of anilines is 1. The highest BCUT2D eigenvalue weighted by molar-refractivity contribution is 7.99. The Morgan fingerprint density at radius 3 is 2.53 bits per heavy atom. The van der Waals surface area contributed by atoms with Crippen LogP contribution in [0.1, 0.15) is 12.8 Å². The Hall–Kier alpha value is -0.860. The summed E-state index contributed by atoms with van der Waals surface area (Å²) in [7, 11) is -4.01. The Morgan fingerprint density at radius 2 is 1.89 bits per heavy atom. The van der Waals surface area contributed by atoms with E-state index >= 15 is 0 Å². The largest absolute Gasteiger partial charge is 0.394 e. The van der Waals surface area contributed by atoms with Crippen LogP contribution in [0.25, 0.3) is 0 Å². The van der Waals surface area contributed by atoms with Crippen molar-refractivity contribution in [3.63, 3.8) is 0 Å². The molecule has 4 nitrogen and oxygen atoms in total. The highest BCUT2D eigenvalue weighted by Crippen LogP contribution is 2.24. The summed E-state index contributed by atoms with van der Waals surface area (Å²) in [6.45, 7) is 0. The van der Waals surface area contributed by atoms with Crippen LogP contribution in [0.2, 0.25) is 0 Å². The zero-order valence-corrected chi connectivity index (χ0v) is 11.7. The third-order valence-electron chi connectivity index (χ3n) is 2.92. The number of benzene rings is 1. The molecule has 0 saturated carbocycles. The van der Waals surface area contributed by atoms with E-state index in [-0.39, 0.29) is 6.04 Å². The predicted octanol–water partition coefficient (Wildman–Crippen LogP) is 1.72. The van der Waals surface area contributed by atoms with Crippen LogP contribution in [-0.2, 0) is 10.0 Å². The minimum absolute atomic E-state index is 0.211. The van der Waals surface area contributed by atoms with Gasteiger partial charge < -0.3 is 5.73 Å². The lowest BCUT2D eigenvalue weighted by Gasteiger charge is -2.22. The van der Waals surface area contributed by atoms with E-state index in [1.807, 2.05) is 0 Å². The van der Waals surface area contributed by atoms with E-state index in [0.29, 0.717) is 12.8 Å². The lowest BCUT2D eigenvalue weighted by molar-refractivity contribution is 0.517. The van der Waals surface area contributed by atoms with E-state index in [4.69, 9.17) is 5.73 Å². The smallest absolute Gasteiger partial charge is 0.243 e. The van der Waals surface area contributed by atoms with E-state index in [9.17, 15) is 17.2 Å². The van der Waals surface area contributed by atoms with Crippen LogP contribution in [0, 0.1) is 11.6 Å². The van der Waals surface area contributed by atoms with Gasteiger partial charge >= 0.3 is 0 Å². The molecule has 0 spiro atoms.